The average Bonchev–Trinajstić information content (AvgIpc) is 3.53. The summed E-state index contributed by atoms with van der Waals surface area (Å²) in [4.78, 5) is 2.37. The minimum absolute atomic E-state index is 0.621. The monoisotopic (exact) mass is 685 g/mol. The second-order valence-corrected chi connectivity index (χ2v) is 14.0. The third-order valence-electron chi connectivity index (χ3n) is 10.9. The van der Waals surface area contributed by atoms with E-state index < -0.39 is 5.41 Å². The molecule has 1 nitrogen and oxygen atoms in total. The number of hydrogen-bond donors (Lipinski definition) is 0. The van der Waals surface area contributed by atoms with Crippen molar-refractivity contribution in [1.29, 1.82) is 0 Å². The van der Waals surface area contributed by atoms with Crippen LogP contribution < -0.4 is 4.90 Å². The zero-order valence-corrected chi connectivity index (χ0v) is 29.7. The van der Waals surface area contributed by atoms with E-state index in [1.165, 1.54) is 60.5 Å². The van der Waals surface area contributed by atoms with Crippen LogP contribution in [0.3, 0.4) is 0 Å². The van der Waals surface area contributed by atoms with E-state index in [1.807, 2.05) is 6.07 Å². The minimum Gasteiger partial charge on any atom is -0.310 e. The highest BCUT2D eigenvalue weighted by Gasteiger charge is 2.44. The van der Waals surface area contributed by atoms with Gasteiger partial charge < -0.3 is 4.90 Å². The van der Waals surface area contributed by atoms with E-state index in [0.29, 0.717) is 0 Å². The molecule has 1 aliphatic rings. The smallest absolute Gasteiger partial charge is 0.108 e. The molecule has 1 heteroatoms. The van der Waals surface area contributed by atoms with Crippen LogP contribution in [0.15, 0.2) is 212 Å². The van der Waals surface area contributed by atoms with Gasteiger partial charge in [-0.15, -0.1) is 0 Å². The minimum atomic E-state index is -0.621. The lowest BCUT2D eigenvalue weighted by Gasteiger charge is -2.29. The van der Waals surface area contributed by atoms with E-state index >= 15 is 0 Å². The van der Waals surface area contributed by atoms with Crippen LogP contribution in [0.5, 0.6) is 0 Å². The van der Waals surface area contributed by atoms with E-state index in [2.05, 4.69) is 223 Å². The molecule has 0 N–H and O–H groups in total. The van der Waals surface area contributed by atoms with Crippen molar-refractivity contribution in [2.24, 2.45) is 0 Å². The molecule has 0 bridgehead atoms. The van der Waals surface area contributed by atoms with E-state index in [4.69, 9.17) is 0 Å². The molecule has 252 valence electrons. The Labute approximate surface area is 316 Å². The van der Waals surface area contributed by atoms with Gasteiger partial charge in [-0.25, -0.2) is 0 Å². The van der Waals surface area contributed by atoms with Crippen LogP contribution in [-0.2, 0) is 5.41 Å². The summed E-state index contributed by atoms with van der Waals surface area (Å²) in [5, 5.41) is 4.94. The largest absolute Gasteiger partial charge is 0.310 e. The number of nitrogens with zero attached hydrogens (tertiary/aromatic N) is 1. The summed E-state index contributed by atoms with van der Waals surface area (Å²) in [6, 6.07) is 76.3. The van der Waals surface area contributed by atoms with Gasteiger partial charge in [0, 0.05) is 22.6 Å². The number of fused-ring (bicyclic) bond motifs is 5. The summed E-state index contributed by atoms with van der Waals surface area (Å²) in [7, 11) is 0. The van der Waals surface area contributed by atoms with E-state index in [0.717, 1.165) is 22.6 Å². The highest BCUT2D eigenvalue weighted by Crippen LogP contribution is 2.54. The summed E-state index contributed by atoms with van der Waals surface area (Å²) < 4.78 is 0. The van der Waals surface area contributed by atoms with Crippen LogP contribution >= 0.6 is 0 Å². The van der Waals surface area contributed by atoms with Gasteiger partial charge in [0.2, 0.25) is 0 Å². The quantitative estimate of drug-likeness (QED) is 0.163. The lowest BCUT2D eigenvalue weighted by atomic mass is 9.73. The Morgan fingerprint density at radius 1 is 0.370 bits per heavy atom. The van der Waals surface area contributed by atoms with Crippen molar-refractivity contribution in [3.8, 4) is 34.1 Å². The molecule has 0 saturated carbocycles. The van der Waals surface area contributed by atoms with Gasteiger partial charge >= 0.3 is 0 Å². The van der Waals surface area contributed by atoms with Gasteiger partial charge in [0.25, 0.3) is 0 Å². The van der Waals surface area contributed by atoms with Crippen LogP contribution in [0, 0.1) is 11.8 Å². The normalized spacial score (nSPS) is 14.2. The van der Waals surface area contributed by atoms with Gasteiger partial charge in [-0.2, -0.15) is 0 Å². The van der Waals surface area contributed by atoms with Gasteiger partial charge in [-0.3, -0.25) is 0 Å². The van der Waals surface area contributed by atoms with Crippen molar-refractivity contribution in [2.45, 2.75) is 5.41 Å². The lowest BCUT2D eigenvalue weighted by Crippen LogP contribution is -2.25. The van der Waals surface area contributed by atoms with Crippen molar-refractivity contribution >= 4 is 38.6 Å². The van der Waals surface area contributed by atoms with Crippen molar-refractivity contribution in [1.82, 2.24) is 0 Å². The first-order valence-corrected chi connectivity index (χ1v) is 18.5. The number of para-hydroxylation sites is 1. The number of hydrogen-bond acceptors (Lipinski definition) is 1. The number of benzene rings is 9. The fourth-order valence-electron chi connectivity index (χ4n) is 8.35. The third-order valence-corrected chi connectivity index (χ3v) is 10.9. The average molecular weight is 686 g/mol. The maximum Gasteiger partial charge on any atom is 0.108 e. The summed E-state index contributed by atoms with van der Waals surface area (Å²) in [6.07, 6.45) is 0. The Morgan fingerprint density at radius 3 is 1.83 bits per heavy atom. The van der Waals surface area contributed by atoms with E-state index in [1.54, 1.807) is 0 Å². The first-order valence-electron chi connectivity index (χ1n) is 18.5. The van der Waals surface area contributed by atoms with Crippen molar-refractivity contribution in [3.63, 3.8) is 0 Å². The van der Waals surface area contributed by atoms with Crippen LogP contribution in [-0.4, -0.2) is 0 Å². The van der Waals surface area contributed by atoms with Crippen molar-refractivity contribution in [2.75, 3.05) is 4.90 Å². The van der Waals surface area contributed by atoms with Gasteiger partial charge in [-0.1, -0.05) is 170 Å². The first-order chi connectivity index (χ1) is 26.8. The van der Waals surface area contributed by atoms with E-state index in [-0.39, 0.29) is 0 Å². The van der Waals surface area contributed by atoms with Crippen LogP contribution in [0.25, 0.3) is 43.8 Å². The topological polar surface area (TPSA) is 3.24 Å². The molecule has 9 aromatic rings. The Bertz CT molecular complexity index is 2880. The fourth-order valence-corrected chi connectivity index (χ4v) is 8.35. The summed E-state index contributed by atoms with van der Waals surface area (Å²) in [6.45, 7) is 0. The van der Waals surface area contributed by atoms with Crippen LogP contribution in [0.1, 0.15) is 22.3 Å². The molecule has 0 aliphatic heterocycles. The Morgan fingerprint density at radius 2 is 0.981 bits per heavy atom. The van der Waals surface area contributed by atoms with Crippen molar-refractivity contribution in [3.05, 3.63) is 235 Å². The molecule has 0 aromatic heterocycles. The van der Waals surface area contributed by atoms with Gasteiger partial charge in [-0.05, 0) is 115 Å². The molecular weight excluding hydrogens is 651 g/mol. The molecule has 9 aromatic carbocycles. The molecule has 54 heavy (non-hydrogen) atoms. The Kier molecular flexibility index (Phi) is 7.68. The first kappa shape index (κ1) is 31.6. The summed E-state index contributed by atoms with van der Waals surface area (Å²) in [5.41, 5.74) is 12.2. The molecule has 0 spiro atoms. The fraction of sp³-hybridized carbons (Fsp3) is 0.0189. The van der Waals surface area contributed by atoms with Crippen LogP contribution in [0.2, 0.25) is 0 Å². The Balaban J connectivity index is 1.13. The van der Waals surface area contributed by atoms with E-state index in [9.17, 15) is 0 Å². The molecule has 1 aliphatic carbocycles. The standard InChI is InChI=1S/C53H35N/c1-4-15-38(16-5-1)33-34-53(43-19-6-2-7-20-43)51-26-13-12-24-49(51)50-37-46(31-32-52(50)53)54(44-21-8-3-9-22-44)45-30-29-40-35-42(28-27-41(40)36-45)48-25-14-18-39-17-10-11-23-47(39)48/h1-32,35-37H. The molecule has 0 heterocycles. The molecular formula is C53H35N. The molecule has 1 unspecified atom stereocenters. The second-order valence-electron chi connectivity index (χ2n) is 14.0. The predicted octanol–water partition coefficient (Wildman–Crippen LogP) is 13.5. The highest BCUT2D eigenvalue weighted by atomic mass is 15.1. The summed E-state index contributed by atoms with van der Waals surface area (Å²) >= 11 is 0. The SMILES string of the molecule is C(#CC1(c2ccccc2)c2ccccc2-c2cc(N(c3ccccc3)c3ccc4cc(-c5cccc6ccccc56)ccc4c3)ccc21)c1ccccc1. The van der Waals surface area contributed by atoms with Gasteiger partial charge in [0.1, 0.15) is 5.41 Å². The Hall–Kier alpha value is -7.14. The third kappa shape index (κ3) is 5.28. The van der Waals surface area contributed by atoms with Crippen molar-refractivity contribution < 1.29 is 0 Å². The lowest BCUT2D eigenvalue weighted by molar-refractivity contribution is 0.837. The molecule has 0 amide bonds. The molecule has 0 fully saturated rings. The molecule has 0 saturated heterocycles. The zero-order chi connectivity index (χ0) is 35.9. The van der Waals surface area contributed by atoms with Gasteiger partial charge in [0.05, 0.1) is 0 Å². The molecule has 0 radical (unpaired) electrons. The highest BCUT2D eigenvalue weighted by molar-refractivity contribution is 6.00. The predicted molar refractivity (Wildman–Crippen MR) is 227 cm³/mol. The number of rotatable bonds is 5. The summed E-state index contributed by atoms with van der Waals surface area (Å²) in [5.74, 6) is 7.41. The van der Waals surface area contributed by atoms with Crippen LogP contribution in [0.4, 0.5) is 17.1 Å². The van der Waals surface area contributed by atoms with Gasteiger partial charge in [0.15, 0.2) is 0 Å². The maximum atomic E-state index is 3.83. The molecule has 1 atom stereocenters. The zero-order valence-electron chi connectivity index (χ0n) is 29.7. The maximum absolute atomic E-state index is 3.83. The second kappa shape index (κ2) is 13.1. The number of anilines is 3. The molecule has 10 rings (SSSR count).